The minimum absolute atomic E-state index is 0.0940. The zero-order chi connectivity index (χ0) is 19.8. The molecule has 1 N–H and O–H groups in total. The highest BCUT2D eigenvalue weighted by molar-refractivity contribution is 7.15. The van der Waals surface area contributed by atoms with E-state index < -0.39 is 0 Å². The number of anilines is 1. The Morgan fingerprint density at radius 2 is 1.79 bits per heavy atom. The first-order valence-electron chi connectivity index (χ1n) is 9.49. The third-order valence-electron chi connectivity index (χ3n) is 4.84. The van der Waals surface area contributed by atoms with Crippen LogP contribution in [0.4, 0.5) is 5.13 Å². The fraction of sp³-hybridized carbons (Fsp3) is 0.190. The summed E-state index contributed by atoms with van der Waals surface area (Å²) in [5.74, 6) is -0.0940. The number of carbonyl (C=O) groups excluding carboxylic acids is 1. The van der Waals surface area contributed by atoms with Gasteiger partial charge in [0.1, 0.15) is 10.5 Å². The topological polar surface area (TPSA) is 85.6 Å². The lowest BCUT2D eigenvalue weighted by Gasteiger charge is -2.07. The third kappa shape index (κ3) is 3.21. The number of hydrogen-bond donors (Lipinski definition) is 1. The number of aryl methyl sites for hydroxylation is 2. The average Bonchev–Trinajstić information content (AvgIpc) is 3.32. The van der Waals surface area contributed by atoms with Crippen LogP contribution in [-0.2, 0) is 17.8 Å². The van der Waals surface area contributed by atoms with Crippen LogP contribution < -0.4 is 5.32 Å². The van der Waals surface area contributed by atoms with Crippen LogP contribution in [0.3, 0.4) is 0 Å². The molecular formula is C21H18N6OS. The highest BCUT2D eigenvalue weighted by Crippen LogP contribution is 2.28. The standard InChI is InChI=1S/C21H18N6OS/c1-2-18-25-26-21(29-18)24-17(28)11-12-27-16-10-6-3-7-13(16)19-20(27)23-15-9-5-4-8-14(15)22-19/h3-10H,2,11-12H2,1H3,(H,24,26,28). The van der Waals surface area contributed by atoms with Gasteiger partial charge in [-0.2, -0.15) is 0 Å². The second-order valence-corrected chi connectivity index (χ2v) is 7.77. The molecule has 2 aromatic carbocycles. The van der Waals surface area contributed by atoms with E-state index >= 15 is 0 Å². The summed E-state index contributed by atoms with van der Waals surface area (Å²) >= 11 is 1.41. The number of nitrogens with one attached hydrogen (secondary N) is 1. The summed E-state index contributed by atoms with van der Waals surface area (Å²) in [6, 6.07) is 15.9. The Morgan fingerprint density at radius 3 is 2.59 bits per heavy atom. The molecule has 0 aliphatic rings. The number of rotatable bonds is 5. The van der Waals surface area contributed by atoms with Crippen molar-refractivity contribution in [3.05, 3.63) is 53.5 Å². The lowest BCUT2D eigenvalue weighted by molar-refractivity contribution is -0.116. The molecule has 0 atom stereocenters. The Hall–Kier alpha value is -3.39. The Morgan fingerprint density at radius 1 is 1.03 bits per heavy atom. The predicted molar refractivity (Wildman–Crippen MR) is 115 cm³/mol. The molecule has 3 aromatic heterocycles. The molecule has 0 fully saturated rings. The largest absolute Gasteiger partial charge is 0.323 e. The van der Waals surface area contributed by atoms with Gasteiger partial charge in [-0.3, -0.25) is 4.79 Å². The molecule has 0 bridgehead atoms. The summed E-state index contributed by atoms with van der Waals surface area (Å²) in [6.07, 6.45) is 1.12. The number of benzene rings is 2. The minimum atomic E-state index is -0.0940. The maximum atomic E-state index is 12.5. The van der Waals surface area contributed by atoms with Gasteiger partial charge in [0.15, 0.2) is 5.65 Å². The van der Waals surface area contributed by atoms with Crippen molar-refractivity contribution in [2.75, 3.05) is 5.32 Å². The summed E-state index contributed by atoms with van der Waals surface area (Å²) in [7, 11) is 0. The van der Waals surface area contributed by atoms with Crippen LogP contribution in [-0.4, -0.2) is 30.6 Å². The van der Waals surface area contributed by atoms with Gasteiger partial charge in [-0.05, 0) is 24.6 Å². The second kappa shape index (κ2) is 7.21. The van der Waals surface area contributed by atoms with Crippen LogP contribution in [0.2, 0.25) is 0 Å². The van der Waals surface area contributed by atoms with Crippen molar-refractivity contribution in [2.24, 2.45) is 0 Å². The molecule has 0 saturated carbocycles. The average molecular weight is 402 g/mol. The van der Waals surface area contributed by atoms with E-state index in [0.717, 1.165) is 44.5 Å². The molecular weight excluding hydrogens is 384 g/mol. The molecule has 3 heterocycles. The Balaban J connectivity index is 1.49. The van der Waals surface area contributed by atoms with Gasteiger partial charge in [0.2, 0.25) is 11.0 Å². The van der Waals surface area contributed by atoms with Crippen molar-refractivity contribution in [3.63, 3.8) is 0 Å². The van der Waals surface area contributed by atoms with Crippen LogP contribution in [0, 0.1) is 0 Å². The molecule has 29 heavy (non-hydrogen) atoms. The van der Waals surface area contributed by atoms with Gasteiger partial charge in [-0.1, -0.05) is 48.6 Å². The van der Waals surface area contributed by atoms with Crippen LogP contribution in [0.1, 0.15) is 18.4 Å². The Kier molecular flexibility index (Phi) is 4.40. The van der Waals surface area contributed by atoms with E-state index in [4.69, 9.17) is 9.97 Å². The Bertz CT molecular complexity index is 1360. The van der Waals surface area contributed by atoms with Crippen LogP contribution in [0.25, 0.3) is 33.1 Å². The third-order valence-corrected chi connectivity index (χ3v) is 5.82. The highest BCUT2D eigenvalue weighted by Gasteiger charge is 2.15. The SMILES string of the molecule is CCc1nnc(NC(=O)CCn2c3ccccc3c3nc4ccccc4nc32)s1. The highest BCUT2D eigenvalue weighted by atomic mass is 32.1. The summed E-state index contributed by atoms with van der Waals surface area (Å²) in [6.45, 7) is 2.52. The van der Waals surface area contributed by atoms with Gasteiger partial charge in [0.05, 0.1) is 16.6 Å². The molecule has 144 valence electrons. The summed E-state index contributed by atoms with van der Waals surface area (Å²) in [5, 5.41) is 13.4. The maximum Gasteiger partial charge on any atom is 0.227 e. The van der Waals surface area contributed by atoms with Gasteiger partial charge in [-0.25, -0.2) is 9.97 Å². The molecule has 7 nitrogen and oxygen atoms in total. The molecule has 8 heteroatoms. The smallest absolute Gasteiger partial charge is 0.227 e. The fourth-order valence-electron chi connectivity index (χ4n) is 3.45. The first kappa shape index (κ1) is 17.7. The molecule has 5 rings (SSSR count). The van der Waals surface area contributed by atoms with Gasteiger partial charge < -0.3 is 9.88 Å². The van der Waals surface area contributed by atoms with Crippen molar-refractivity contribution in [1.29, 1.82) is 0 Å². The number of para-hydroxylation sites is 3. The number of fused-ring (bicyclic) bond motifs is 4. The molecule has 0 radical (unpaired) electrons. The number of carbonyl (C=O) groups is 1. The van der Waals surface area contributed by atoms with E-state index in [1.54, 1.807) is 0 Å². The molecule has 1 amide bonds. The predicted octanol–water partition coefficient (Wildman–Crippen LogP) is 4.18. The number of hydrogen-bond acceptors (Lipinski definition) is 6. The fourth-order valence-corrected chi connectivity index (χ4v) is 4.15. The van der Waals surface area contributed by atoms with E-state index in [2.05, 4.69) is 20.1 Å². The molecule has 0 unspecified atom stereocenters. The van der Waals surface area contributed by atoms with Crippen molar-refractivity contribution in [1.82, 2.24) is 24.7 Å². The summed E-state index contributed by atoms with van der Waals surface area (Å²) < 4.78 is 2.07. The van der Waals surface area contributed by atoms with Gasteiger partial charge in [0.25, 0.3) is 0 Å². The van der Waals surface area contributed by atoms with Crippen molar-refractivity contribution in [3.8, 4) is 0 Å². The lowest BCUT2D eigenvalue weighted by Crippen LogP contribution is -2.14. The molecule has 5 aromatic rings. The zero-order valence-corrected chi connectivity index (χ0v) is 16.6. The van der Waals surface area contributed by atoms with Crippen LogP contribution in [0.15, 0.2) is 48.5 Å². The van der Waals surface area contributed by atoms with Crippen molar-refractivity contribution < 1.29 is 4.79 Å². The van der Waals surface area contributed by atoms with E-state index in [-0.39, 0.29) is 5.91 Å². The second-order valence-electron chi connectivity index (χ2n) is 6.71. The Labute approximate surface area is 170 Å². The molecule has 0 aliphatic carbocycles. The lowest BCUT2D eigenvalue weighted by atomic mass is 10.2. The summed E-state index contributed by atoms with van der Waals surface area (Å²) in [5.41, 5.74) is 4.38. The maximum absolute atomic E-state index is 12.5. The number of aromatic nitrogens is 5. The van der Waals surface area contributed by atoms with E-state index in [0.29, 0.717) is 18.1 Å². The monoisotopic (exact) mass is 402 g/mol. The van der Waals surface area contributed by atoms with E-state index in [9.17, 15) is 4.79 Å². The van der Waals surface area contributed by atoms with Crippen molar-refractivity contribution >= 4 is 55.5 Å². The van der Waals surface area contributed by atoms with E-state index in [1.165, 1.54) is 11.3 Å². The molecule has 0 spiro atoms. The van der Waals surface area contributed by atoms with Gasteiger partial charge >= 0.3 is 0 Å². The summed E-state index contributed by atoms with van der Waals surface area (Å²) in [4.78, 5) is 22.1. The zero-order valence-electron chi connectivity index (χ0n) is 15.8. The van der Waals surface area contributed by atoms with Crippen molar-refractivity contribution in [2.45, 2.75) is 26.3 Å². The van der Waals surface area contributed by atoms with Crippen LogP contribution in [0.5, 0.6) is 0 Å². The minimum Gasteiger partial charge on any atom is -0.323 e. The first-order chi connectivity index (χ1) is 14.2. The van der Waals surface area contributed by atoms with E-state index in [1.807, 2.05) is 55.5 Å². The number of amides is 1. The first-order valence-corrected chi connectivity index (χ1v) is 10.3. The van der Waals surface area contributed by atoms with Crippen LogP contribution >= 0.6 is 11.3 Å². The van der Waals surface area contributed by atoms with Gasteiger partial charge in [0, 0.05) is 18.4 Å². The quantitative estimate of drug-likeness (QED) is 0.477. The van der Waals surface area contributed by atoms with Gasteiger partial charge in [-0.15, -0.1) is 10.2 Å². The molecule has 0 saturated heterocycles. The molecule has 0 aliphatic heterocycles. The number of nitrogens with zero attached hydrogens (tertiary/aromatic N) is 5. The normalized spacial score (nSPS) is 11.5.